The van der Waals surface area contributed by atoms with Crippen LogP contribution in [-0.4, -0.2) is 9.38 Å². The van der Waals surface area contributed by atoms with Gasteiger partial charge in [-0.1, -0.05) is 24.3 Å². The predicted molar refractivity (Wildman–Crippen MR) is 107 cm³/mol. The fourth-order valence-electron chi connectivity index (χ4n) is 2.72. The highest BCUT2D eigenvalue weighted by Gasteiger charge is 2.07. The molecule has 0 atom stereocenters. The zero-order valence-electron chi connectivity index (χ0n) is 14.1. The van der Waals surface area contributed by atoms with E-state index < -0.39 is 0 Å². The van der Waals surface area contributed by atoms with Gasteiger partial charge in [0.25, 0.3) is 0 Å². The van der Waals surface area contributed by atoms with Crippen LogP contribution in [0, 0.1) is 18.3 Å². The topological polar surface area (TPSA) is 53.1 Å². The number of nitrogens with one attached hydrogen (secondary N) is 1. The van der Waals surface area contributed by atoms with Crippen molar-refractivity contribution in [2.45, 2.75) is 18.4 Å². The summed E-state index contributed by atoms with van der Waals surface area (Å²) >= 11 is 3.23. The van der Waals surface area contributed by atoms with Crippen LogP contribution in [0.5, 0.6) is 0 Å². The highest BCUT2D eigenvalue weighted by molar-refractivity contribution is 7.97. The lowest BCUT2D eigenvalue weighted by Crippen LogP contribution is -2.03. The SMILES string of the molecule is Cc1cn2cc(-c3cccc(CNSc4cccc(C#N)c4)c3)nc2s1. The Bertz CT molecular complexity index is 1070. The largest absolute Gasteiger partial charge is 0.297 e. The Morgan fingerprint density at radius 1 is 1.19 bits per heavy atom. The molecule has 4 aromatic rings. The van der Waals surface area contributed by atoms with E-state index in [-0.39, 0.29) is 0 Å². The lowest BCUT2D eigenvalue weighted by Gasteiger charge is -2.06. The normalized spacial score (nSPS) is 10.9. The van der Waals surface area contributed by atoms with Gasteiger partial charge < -0.3 is 0 Å². The van der Waals surface area contributed by atoms with E-state index in [4.69, 9.17) is 10.2 Å². The maximum atomic E-state index is 8.97. The molecule has 0 spiro atoms. The van der Waals surface area contributed by atoms with Crippen molar-refractivity contribution in [2.24, 2.45) is 0 Å². The summed E-state index contributed by atoms with van der Waals surface area (Å²) in [5.41, 5.74) is 3.98. The van der Waals surface area contributed by atoms with Gasteiger partial charge in [-0.2, -0.15) is 5.26 Å². The molecule has 0 aliphatic heterocycles. The Morgan fingerprint density at radius 3 is 2.92 bits per heavy atom. The third kappa shape index (κ3) is 3.65. The van der Waals surface area contributed by atoms with Crippen LogP contribution in [0.25, 0.3) is 16.2 Å². The van der Waals surface area contributed by atoms with Crippen LogP contribution >= 0.6 is 23.3 Å². The van der Waals surface area contributed by atoms with Crippen LogP contribution in [0.1, 0.15) is 16.0 Å². The molecule has 4 nitrogen and oxygen atoms in total. The number of rotatable bonds is 5. The number of nitriles is 1. The van der Waals surface area contributed by atoms with Crippen molar-refractivity contribution >= 4 is 28.2 Å². The smallest absolute Gasteiger partial charge is 0.194 e. The van der Waals surface area contributed by atoms with Crippen LogP contribution < -0.4 is 4.72 Å². The number of aryl methyl sites for hydroxylation is 1. The van der Waals surface area contributed by atoms with Gasteiger partial charge in [0, 0.05) is 34.3 Å². The fraction of sp³-hybridized carbons (Fsp3) is 0.100. The van der Waals surface area contributed by atoms with Crippen LogP contribution in [0.4, 0.5) is 0 Å². The zero-order valence-corrected chi connectivity index (χ0v) is 15.8. The predicted octanol–water partition coefficient (Wildman–Crippen LogP) is 5.04. The average molecular weight is 377 g/mol. The molecule has 4 rings (SSSR count). The van der Waals surface area contributed by atoms with E-state index in [9.17, 15) is 0 Å². The third-order valence-corrected chi connectivity index (χ3v) is 5.61. The van der Waals surface area contributed by atoms with Crippen molar-refractivity contribution in [3.63, 3.8) is 0 Å². The summed E-state index contributed by atoms with van der Waals surface area (Å²) in [4.78, 5) is 8.03. The first-order valence-electron chi connectivity index (χ1n) is 8.15. The van der Waals surface area contributed by atoms with Crippen molar-refractivity contribution < 1.29 is 0 Å². The molecule has 0 saturated carbocycles. The van der Waals surface area contributed by atoms with E-state index in [2.05, 4.69) is 58.8 Å². The monoisotopic (exact) mass is 376 g/mol. The quantitative estimate of drug-likeness (QED) is 0.496. The molecule has 0 radical (unpaired) electrons. The number of aromatic nitrogens is 2. The van der Waals surface area contributed by atoms with Crippen molar-refractivity contribution in [1.82, 2.24) is 14.1 Å². The number of imidazole rings is 1. The van der Waals surface area contributed by atoms with E-state index in [0.717, 1.165) is 27.7 Å². The highest BCUT2D eigenvalue weighted by Crippen LogP contribution is 2.24. The van der Waals surface area contributed by atoms with Gasteiger partial charge in [0.15, 0.2) is 4.96 Å². The van der Waals surface area contributed by atoms with E-state index >= 15 is 0 Å². The van der Waals surface area contributed by atoms with Gasteiger partial charge in [0.2, 0.25) is 0 Å². The second-order valence-corrected chi connectivity index (χ2v) is 8.10. The number of thiazole rings is 1. The zero-order chi connectivity index (χ0) is 17.9. The van der Waals surface area contributed by atoms with Crippen molar-refractivity contribution in [1.29, 1.82) is 5.26 Å². The molecule has 2 aromatic carbocycles. The summed E-state index contributed by atoms with van der Waals surface area (Å²) in [6.07, 6.45) is 4.18. The molecule has 2 heterocycles. The molecule has 0 aliphatic carbocycles. The Labute approximate surface area is 160 Å². The molecule has 6 heteroatoms. The molecular formula is C20H16N4S2. The molecular weight excluding hydrogens is 360 g/mol. The van der Waals surface area contributed by atoms with Crippen LogP contribution in [0.2, 0.25) is 0 Å². The summed E-state index contributed by atoms with van der Waals surface area (Å²) in [5.74, 6) is 0. The number of hydrogen-bond acceptors (Lipinski definition) is 5. The average Bonchev–Trinajstić information content (AvgIpc) is 3.20. The van der Waals surface area contributed by atoms with Gasteiger partial charge in [-0.05, 0) is 48.7 Å². The molecule has 26 heavy (non-hydrogen) atoms. The lowest BCUT2D eigenvalue weighted by atomic mass is 10.1. The minimum absolute atomic E-state index is 0.675. The fourth-order valence-corrected chi connectivity index (χ4v) is 4.27. The molecule has 0 bridgehead atoms. The Hall–Kier alpha value is -2.59. The molecule has 128 valence electrons. The number of benzene rings is 2. The number of nitrogens with zero attached hydrogens (tertiary/aromatic N) is 3. The Kier molecular flexibility index (Phi) is 4.76. The van der Waals surface area contributed by atoms with Crippen molar-refractivity contribution in [3.05, 3.63) is 76.9 Å². The minimum Gasteiger partial charge on any atom is -0.297 e. The summed E-state index contributed by atoms with van der Waals surface area (Å²) in [7, 11) is 0. The minimum atomic E-state index is 0.675. The van der Waals surface area contributed by atoms with E-state index in [1.54, 1.807) is 11.3 Å². The molecule has 0 fully saturated rings. The highest BCUT2D eigenvalue weighted by atomic mass is 32.2. The molecule has 0 saturated heterocycles. The number of fused-ring (bicyclic) bond motifs is 1. The first-order chi connectivity index (χ1) is 12.7. The Morgan fingerprint density at radius 2 is 2.08 bits per heavy atom. The van der Waals surface area contributed by atoms with Gasteiger partial charge in [-0.25, -0.2) is 4.98 Å². The number of hydrogen-bond donors (Lipinski definition) is 1. The first kappa shape index (κ1) is 16.9. The third-order valence-electron chi connectivity index (χ3n) is 3.92. The maximum absolute atomic E-state index is 8.97. The first-order valence-corrected chi connectivity index (χ1v) is 9.79. The molecule has 0 aliphatic rings. The van der Waals surface area contributed by atoms with Gasteiger partial charge in [-0.3, -0.25) is 9.12 Å². The Balaban J connectivity index is 1.45. The van der Waals surface area contributed by atoms with Gasteiger partial charge in [0.1, 0.15) is 0 Å². The van der Waals surface area contributed by atoms with E-state index in [0.29, 0.717) is 5.56 Å². The lowest BCUT2D eigenvalue weighted by molar-refractivity contribution is 0.975. The summed E-state index contributed by atoms with van der Waals surface area (Å²) in [6.45, 7) is 2.83. The maximum Gasteiger partial charge on any atom is 0.194 e. The van der Waals surface area contributed by atoms with E-state index in [1.165, 1.54) is 22.4 Å². The molecule has 1 N–H and O–H groups in total. The van der Waals surface area contributed by atoms with Gasteiger partial charge >= 0.3 is 0 Å². The van der Waals surface area contributed by atoms with E-state index in [1.807, 2.05) is 24.3 Å². The standard InChI is InChI=1S/C20H16N4S2/c1-14-12-24-13-19(23-20(24)25-14)17-6-2-5-16(8-17)11-22-26-18-7-3-4-15(9-18)10-21/h2-9,12-13,22H,11H2,1H3. The summed E-state index contributed by atoms with van der Waals surface area (Å²) in [5, 5.41) is 8.97. The molecule has 2 aromatic heterocycles. The summed E-state index contributed by atoms with van der Waals surface area (Å²) in [6, 6.07) is 18.2. The second kappa shape index (κ2) is 7.34. The van der Waals surface area contributed by atoms with Crippen molar-refractivity contribution in [2.75, 3.05) is 0 Å². The van der Waals surface area contributed by atoms with Crippen LogP contribution in [0.15, 0.2) is 65.8 Å². The molecule has 0 unspecified atom stereocenters. The summed E-state index contributed by atoms with van der Waals surface area (Å²) < 4.78 is 5.44. The van der Waals surface area contributed by atoms with Crippen LogP contribution in [0.3, 0.4) is 0 Å². The van der Waals surface area contributed by atoms with Gasteiger partial charge in [-0.15, -0.1) is 11.3 Å². The van der Waals surface area contributed by atoms with Crippen LogP contribution in [-0.2, 0) is 6.54 Å². The van der Waals surface area contributed by atoms with Gasteiger partial charge in [0.05, 0.1) is 17.3 Å². The van der Waals surface area contributed by atoms with Crippen molar-refractivity contribution in [3.8, 4) is 17.3 Å². The second-order valence-electron chi connectivity index (χ2n) is 5.92. The molecule has 0 amide bonds.